The Balaban J connectivity index is 2.42. The fourth-order valence-electron chi connectivity index (χ4n) is 2.36. The lowest BCUT2D eigenvalue weighted by molar-refractivity contribution is 0.314. The number of nitrogens with two attached hydrogens (primary N) is 1. The second-order valence-electron chi connectivity index (χ2n) is 6.32. The molecule has 0 bridgehead atoms. The van der Waals surface area contributed by atoms with E-state index in [-0.39, 0.29) is 11.3 Å². The molecule has 0 amide bonds. The summed E-state index contributed by atoms with van der Waals surface area (Å²) < 4.78 is 5.90. The molecule has 0 radical (unpaired) electrons. The zero-order valence-electron chi connectivity index (χ0n) is 12.0. The second-order valence-corrected chi connectivity index (χ2v) is 6.76. The molecule has 19 heavy (non-hydrogen) atoms. The summed E-state index contributed by atoms with van der Waals surface area (Å²) in [6.07, 6.45) is 0.948. The Kier molecular flexibility index (Phi) is 3.88. The molecule has 3 nitrogen and oxygen atoms in total. The normalized spacial score (nSPS) is 14.0. The molecule has 0 saturated heterocycles. The van der Waals surface area contributed by atoms with Crippen molar-refractivity contribution in [2.24, 2.45) is 11.1 Å². The van der Waals surface area contributed by atoms with Crippen molar-refractivity contribution >= 4 is 22.7 Å². The number of hydrogen-bond acceptors (Lipinski definition) is 3. The van der Waals surface area contributed by atoms with Crippen LogP contribution in [0.5, 0.6) is 0 Å². The van der Waals surface area contributed by atoms with E-state index < -0.39 is 0 Å². The second kappa shape index (κ2) is 5.14. The first-order chi connectivity index (χ1) is 8.80. The van der Waals surface area contributed by atoms with Crippen LogP contribution < -0.4 is 5.73 Å². The number of nitrogens with zero attached hydrogens (tertiary/aromatic N) is 1. The highest BCUT2D eigenvalue weighted by Gasteiger charge is 2.23. The molecule has 104 valence electrons. The minimum atomic E-state index is 0.144. The molecular formula is C15H21ClN2O. The maximum absolute atomic E-state index is 6.05. The SMILES string of the molecule is Cc1cc(Cl)cc2nc(C(CN)CC(C)(C)C)oc12. The summed E-state index contributed by atoms with van der Waals surface area (Å²) in [4.78, 5) is 4.56. The van der Waals surface area contributed by atoms with Crippen molar-refractivity contribution in [2.75, 3.05) is 6.54 Å². The molecule has 0 fully saturated rings. The number of rotatable bonds is 3. The van der Waals surface area contributed by atoms with E-state index in [9.17, 15) is 0 Å². The molecule has 4 heteroatoms. The first-order valence-electron chi connectivity index (χ1n) is 6.57. The molecule has 1 aromatic heterocycles. The summed E-state index contributed by atoms with van der Waals surface area (Å²) in [5, 5.41) is 0.685. The molecule has 1 atom stereocenters. The van der Waals surface area contributed by atoms with Crippen molar-refractivity contribution in [3.63, 3.8) is 0 Å². The highest BCUT2D eigenvalue weighted by Crippen LogP contribution is 2.33. The van der Waals surface area contributed by atoms with Gasteiger partial charge in [0.25, 0.3) is 0 Å². The standard InChI is InChI=1S/C15H21ClN2O/c1-9-5-11(16)6-12-13(9)19-14(18-12)10(8-17)7-15(2,3)4/h5-6,10H,7-8,17H2,1-4H3. The maximum atomic E-state index is 6.05. The van der Waals surface area contributed by atoms with E-state index in [2.05, 4.69) is 25.8 Å². The number of fused-ring (bicyclic) bond motifs is 1. The average molecular weight is 281 g/mol. The molecule has 0 aliphatic rings. The average Bonchev–Trinajstić information content (AvgIpc) is 2.68. The van der Waals surface area contributed by atoms with Crippen molar-refractivity contribution in [2.45, 2.75) is 40.0 Å². The van der Waals surface area contributed by atoms with Gasteiger partial charge in [-0.2, -0.15) is 0 Å². The Morgan fingerprint density at radius 3 is 2.63 bits per heavy atom. The fourth-order valence-corrected chi connectivity index (χ4v) is 2.63. The molecule has 1 unspecified atom stereocenters. The van der Waals surface area contributed by atoms with Crippen LogP contribution in [0.4, 0.5) is 0 Å². The van der Waals surface area contributed by atoms with E-state index in [1.807, 2.05) is 19.1 Å². The van der Waals surface area contributed by atoms with Gasteiger partial charge in [0, 0.05) is 17.5 Å². The monoisotopic (exact) mass is 280 g/mol. The fraction of sp³-hybridized carbons (Fsp3) is 0.533. The number of aromatic nitrogens is 1. The van der Waals surface area contributed by atoms with Crippen LogP contribution in [0.3, 0.4) is 0 Å². The summed E-state index contributed by atoms with van der Waals surface area (Å²) in [7, 11) is 0. The third kappa shape index (κ3) is 3.28. The number of hydrogen-bond donors (Lipinski definition) is 1. The van der Waals surface area contributed by atoms with Gasteiger partial charge in [0.05, 0.1) is 0 Å². The van der Waals surface area contributed by atoms with Gasteiger partial charge in [0.1, 0.15) is 5.52 Å². The van der Waals surface area contributed by atoms with E-state index in [1.54, 1.807) is 0 Å². The predicted octanol–water partition coefficient (Wildman–Crippen LogP) is 4.27. The van der Waals surface area contributed by atoms with E-state index in [4.69, 9.17) is 21.8 Å². The summed E-state index contributed by atoms with van der Waals surface area (Å²) in [5.74, 6) is 0.864. The van der Waals surface area contributed by atoms with Crippen molar-refractivity contribution in [1.29, 1.82) is 0 Å². The van der Waals surface area contributed by atoms with E-state index >= 15 is 0 Å². The highest BCUT2D eigenvalue weighted by atomic mass is 35.5. The van der Waals surface area contributed by atoms with Gasteiger partial charge in [-0.15, -0.1) is 0 Å². The van der Waals surface area contributed by atoms with E-state index in [1.165, 1.54) is 0 Å². The summed E-state index contributed by atoms with van der Waals surface area (Å²) in [5.41, 5.74) is 8.70. The highest BCUT2D eigenvalue weighted by molar-refractivity contribution is 6.31. The van der Waals surface area contributed by atoms with E-state index in [0.29, 0.717) is 11.6 Å². The Morgan fingerprint density at radius 2 is 2.05 bits per heavy atom. The molecule has 0 aliphatic carbocycles. The minimum Gasteiger partial charge on any atom is -0.440 e. The van der Waals surface area contributed by atoms with Crippen molar-refractivity contribution < 1.29 is 4.42 Å². The first kappa shape index (κ1) is 14.4. The van der Waals surface area contributed by atoms with Gasteiger partial charge in [-0.25, -0.2) is 4.98 Å². The minimum absolute atomic E-state index is 0.144. The number of benzene rings is 1. The van der Waals surface area contributed by atoms with Gasteiger partial charge < -0.3 is 10.2 Å². The quantitative estimate of drug-likeness (QED) is 0.913. The first-order valence-corrected chi connectivity index (χ1v) is 6.94. The van der Waals surface area contributed by atoms with Gasteiger partial charge in [-0.1, -0.05) is 32.4 Å². The lowest BCUT2D eigenvalue weighted by Gasteiger charge is -2.22. The van der Waals surface area contributed by atoms with Gasteiger partial charge in [-0.05, 0) is 36.5 Å². The molecule has 1 heterocycles. The van der Waals surface area contributed by atoms with Gasteiger partial charge in [0.15, 0.2) is 11.5 Å². The Morgan fingerprint density at radius 1 is 1.37 bits per heavy atom. The molecule has 0 aliphatic heterocycles. The third-order valence-corrected chi connectivity index (χ3v) is 3.37. The van der Waals surface area contributed by atoms with Crippen molar-refractivity contribution in [3.8, 4) is 0 Å². The smallest absolute Gasteiger partial charge is 0.199 e. The number of oxazole rings is 1. The summed E-state index contributed by atoms with van der Waals surface area (Å²) >= 11 is 6.05. The van der Waals surface area contributed by atoms with Crippen LogP contribution in [0.25, 0.3) is 11.1 Å². The van der Waals surface area contributed by atoms with Crippen LogP contribution in [0.2, 0.25) is 5.02 Å². The predicted molar refractivity (Wildman–Crippen MR) is 79.6 cm³/mol. The van der Waals surface area contributed by atoms with Gasteiger partial charge in [0.2, 0.25) is 0 Å². The lowest BCUT2D eigenvalue weighted by Crippen LogP contribution is -2.19. The summed E-state index contributed by atoms with van der Waals surface area (Å²) in [6, 6.07) is 3.72. The van der Waals surface area contributed by atoms with E-state index in [0.717, 1.165) is 29.0 Å². The Bertz CT molecular complexity index is 584. The van der Waals surface area contributed by atoms with Crippen molar-refractivity contribution in [3.05, 3.63) is 28.6 Å². The maximum Gasteiger partial charge on any atom is 0.199 e. The number of halogens is 1. The molecule has 2 N–H and O–H groups in total. The van der Waals surface area contributed by atoms with Crippen LogP contribution >= 0.6 is 11.6 Å². The number of aryl methyl sites for hydroxylation is 1. The molecule has 0 saturated carbocycles. The molecule has 2 rings (SSSR count). The van der Waals surface area contributed by atoms with Crippen LogP contribution in [-0.4, -0.2) is 11.5 Å². The lowest BCUT2D eigenvalue weighted by atomic mass is 9.84. The zero-order valence-corrected chi connectivity index (χ0v) is 12.7. The van der Waals surface area contributed by atoms with Crippen LogP contribution in [0.1, 0.15) is 44.6 Å². The topological polar surface area (TPSA) is 52.0 Å². The van der Waals surface area contributed by atoms with Crippen LogP contribution in [0.15, 0.2) is 16.5 Å². The van der Waals surface area contributed by atoms with Crippen LogP contribution in [0, 0.1) is 12.3 Å². The largest absolute Gasteiger partial charge is 0.440 e. The van der Waals surface area contributed by atoms with Gasteiger partial charge in [-0.3, -0.25) is 0 Å². The zero-order chi connectivity index (χ0) is 14.2. The molecule has 0 spiro atoms. The third-order valence-electron chi connectivity index (χ3n) is 3.15. The van der Waals surface area contributed by atoms with Crippen LogP contribution in [-0.2, 0) is 0 Å². The van der Waals surface area contributed by atoms with Gasteiger partial charge >= 0.3 is 0 Å². The van der Waals surface area contributed by atoms with Crippen molar-refractivity contribution in [1.82, 2.24) is 4.98 Å². The summed E-state index contributed by atoms with van der Waals surface area (Å²) in [6.45, 7) is 9.10. The molecule has 2 aromatic rings. The Hall–Kier alpha value is -1.06. The molecular weight excluding hydrogens is 260 g/mol. The molecule has 1 aromatic carbocycles. The Labute approximate surface area is 119 Å².